The summed E-state index contributed by atoms with van der Waals surface area (Å²) in [5, 5.41) is 4.07. The summed E-state index contributed by atoms with van der Waals surface area (Å²) in [7, 11) is 0. The molecule has 0 aliphatic heterocycles. The highest BCUT2D eigenvalue weighted by Gasteiger charge is 2.41. The van der Waals surface area contributed by atoms with Gasteiger partial charge < -0.3 is 15.0 Å². The predicted molar refractivity (Wildman–Crippen MR) is 128 cm³/mol. The van der Waals surface area contributed by atoms with Crippen molar-refractivity contribution in [3.63, 3.8) is 0 Å². The number of hydrogen-bond acceptors (Lipinski definition) is 4. The van der Waals surface area contributed by atoms with Crippen molar-refractivity contribution < 1.29 is 13.5 Å². The maximum absolute atomic E-state index is 14.3. The minimum Gasteiger partial charge on any atom is -0.439 e. The molecule has 4 aromatic rings. The smallest absolute Gasteiger partial charge is 0.224 e. The highest BCUT2D eigenvalue weighted by molar-refractivity contribution is 5.94. The van der Waals surface area contributed by atoms with E-state index in [1.165, 1.54) is 31.7 Å². The average Bonchev–Trinajstić information content (AvgIpc) is 3.26. The van der Waals surface area contributed by atoms with Crippen LogP contribution in [0.25, 0.3) is 22.3 Å². The molecular formula is C27H26F2N4O. The van der Waals surface area contributed by atoms with Gasteiger partial charge in [0.15, 0.2) is 5.82 Å². The van der Waals surface area contributed by atoms with Crippen LogP contribution in [0.1, 0.15) is 32.6 Å². The van der Waals surface area contributed by atoms with E-state index in [0.717, 1.165) is 12.0 Å². The average molecular weight is 461 g/mol. The Hall–Kier alpha value is -3.48. The Morgan fingerprint density at radius 1 is 0.971 bits per heavy atom. The molecule has 2 unspecified atom stereocenters. The van der Waals surface area contributed by atoms with Gasteiger partial charge in [0.25, 0.3) is 0 Å². The summed E-state index contributed by atoms with van der Waals surface area (Å²) in [6.07, 6.45) is 6.68. The van der Waals surface area contributed by atoms with Gasteiger partial charge in [0.05, 0.1) is 5.52 Å². The van der Waals surface area contributed by atoms with E-state index in [9.17, 15) is 8.78 Å². The van der Waals surface area contributed by atoms with Gasteiger partial charge in [-0.3, -0.25) is 0 Å². The lowest BCUT2D eigenvalue weighted by Crippen LogP contribution is -2.47. The van der Waals surface area contributed by atoms with Crippen LogP contribution < -0.4 is 10.1 Å². The third kappa shape index (κ3) is 3.79. The molecular weight excluding hydrogens is 434 g/mol. The zero-order chi connectivity index (χ0) is 23.2. The Kier molecular flexibility index (Phi) is 5.20. The molecule has 3 saturated carbocycles. The second kappa shape index (κ2) is 8.38. The van der Waals surface area contributed by atoms with Crippen molar-refractivity contribution in [1.82, 2.24) is 15.0 Å². The molecule has 0 amide bonds. The fourth-order valence-corrected chi connectivity index (χ4v) is 5.79. The molecule has 3 aliphatic carbocycles. The monoisotopic (exact) mass is 460 g/mol. The van der Waals surface area contributed by atoms with Gasteiger partial charge >= 0.3 is 0 Å². The third-order valence-electron chi connectivity index (χ3n) is 7.56. The quantitative estimate of drug-likeness (QED) is 0.339. The fourth-order valence-electron chi connectivity index (χ4n) is 5.79. The van der Waals surface area contributed by atoms with E-state index >= 15 is 0 Å². The number of aromatic nitrogens is 3. The van der Waals surface area contributed by atoms with Gasteiger partial charge in [-0.1, -0.05) is 25.1 Å². The second-order valence-corrected chi connectivity index (χ2v) is 9.55. The SMILES string of the molecule is CC1C2CCC(CC2)C1Nc1cc(Oc2ccccc2)nc(-c2c[nH]c3c(F)cc(F)cc23)n1. The van der Waals surface area contributed by atoms with Crippen molar-refractivity contribution in [2.45, 2.75) is 38.6 Å². The molecule has 7 heteroatoms. The molecule has 2 heterocycles. The van der Waals surface area contributed by atoms with Crippen LogP contribution in [0.2, 0.25) is 0 Å². The maximum Gasteiger partial charge on any atom is 0.224 e. The summed E-state index contributed by atoms with van der Waals surface area (Å²) in [6.45, 7) is 2.32. The van der Waals surface area contributed by atoms with Crippen molar-refractivity contribution in [2.24, 2.45) is 17.8 Å². The van der Waals surface area contributed by atoms with Crippen molar-refractivity contribution >= 4 is 16.7 Å². The number of nitrogens with zero attached hydrogens (tertiary/aromatic N) is 2. The van der Waals surface area contributed by atoms with E-state index in [2.05, 4.69) is 22.2 Å². The summed E-state index contributed by atoms with van der Waals surface area (Å²) in [6, 6.07) is 13.7. The van der Waals surface area contributed by atoms with Crippen molar-refractivity contribution in [2.75, 3.05) is 5.32 Å². The molecule has 3 aliphatic rings. The number of rotatable bonds is 5. The molecule has 174 valence electrons. The summed E-state index contributed by atoms with van der Waals surface area (Å²) in [5.41, 5.74) is 0.746. The number of anilines is 1. The van der Waals surface area contributed by atoms with Gasteiger partial charge in [-0.15, -0.1) is 0 Å². The van der Waals surface area contributed by atoms with Crippen LogP contribution in [-0.2, 0) is 0 Å². The normalized spacial score (nSPS) is 23.9. The van der Waals surface area contributed by atoms with Gasteiger partial charge in [-0.05, 0) is 61.6 Å². The molecule has 2 bridgehead atoms. The highest BCUT2D eigenvalue weighted by atomic mass is 19.1. The molecule has 34 heavy (non-hydrogen) atoms. The molecule has 5 nitrogen and oxygen atoms in total. The molecule has 7 rings (SSSR count). The standard InChI is InChI=1S/C27H26F2N4O/c1-15-16-7-9-17(10-8-16)25(15)31-23-13-24(34-19-5-3-2-4-6-19)33-27(32-23)21-14-30-26-20(21)11-18(28)12-22(26)29/h2-6,11-17,25,30H,7-10H2,1H3,(H,31,32,33). The number of H-pyrrole nitrogens is 1. The number of halogens is 2. The van der Waals surface area contributed by atoms with E-state index in [0.29, 0.717) is 52.1 Å². The van der Waals surface area contributed by atoms with Crippen molar-refractivity contribution in [3.8, 4) is 23.0 Å². The summed E-state index contributed by atoms with van der Waals surface area (Å²) >= 11 is 0. The second-order valence-electron chi connectivity index (χ2n) is 9.55. The Bertz CT molecular complexity index is 1330. The number of para-hydroxylation sites is 1. The van der Waals surface area contributed by atoms with Crippen LogP contribution >= 0.6 is 0 Å². The topological polar surface area (TPSA) is 62.8 Å². The lowest BCUT2D eigenvalue weighted by atomic mass is 9.62. The number of fused-ring (bicyclic) bond motifs is 4. The molecule has 2 atom stereocenters. The minimum atomic E-state index is -0.650. The molecule has 2 aromatic carbocycles. The van der Waals surface area contributed by atoms with Crippen molar-refractivity contribution in [1.29, 1.82) is 0 Å². The Labute approximate surface area is 196 Å². The van der Waals surface area contributed by atoms with Crippen LogP contribution in [0.15, 0.2) is 54.7 Å². The van der Waals surface area contributed by atoms with Gasteiger partial charge in [-0.25, -0.2) is 13.8 Å². The van der Waals surface area contributed by atoms with Crippen LogP contribution in [0.5, 0.6) is 11.6 Å². The van der Waals surface area contributed by atoms with Crippen LogP contribution in [0.3, 0.4) is 0 Å². The number of ether oxygens (including phenoxy) is 1. The highest BCUT2D eigenvalue weighted by Crippen LogP contribution is 2.46. The Morgan fingerprint density at radius 3 is 2.50 bits per heavy atom. The third-order valence-corrected chi connectivity index (χ3v) is 7.56. The van der Waals surface area contributed by atoms with Crippen LogP contribution in [0.4, 0.5) is 14.6 Å². The zero-order valence-corrected chi connectivity index (χ0v) is 18.9. The predicted octanol–water partition coefficient (Wildman–Crippen LogP) is 6.93. The van der Waals surface area contributed by atoms with Crippen molar-refractivity contribution in [3.05, 3.63) is 66.4 Å². The largest absolute Gasteiger partial charge is 0.439 e. The molecule has 0 spiro atoms. The van der Waals surface area contributed by atoms with Gasteiger partial charge in [0, 0.05) is 35.3 Å². The van der Waals surface area contributed by atoms with Gasteiger partial charge in [0.1, 0.15) is 23.2 Å². The number of benzene rings is 2. The minimum absolute atomic E-state index is 0.224. The summed E-state index contributed by atoms with van der Waals surface area (Å²) in [5.74, 6) is 2.65. The molecule has 2 N–H and O–H groups in total. The first-order chi connectivity index (χ1) is 16.5. The van der Waals surface area contributed by atoms with Gasteiger partial charge in [0.2, 0.25) is 5.88 Å². The van der Waals surface area contributed by atoms with Crippen LogP contribution in [-0.4, -0.2) is 21.0 Å². The maximum atomic E-state index is 14.3. The number of nitrogens with one attached hydrogen (secondary N) is 2. The van der Waals surface area contributed by atoms with E-state index in [1.54, 1.807) is 6.20 Å². The van der Waals surface area contributed by atoms with Crippen LogP contribution in [0, 0.1) is 29.4 Å². The van der Waals surface area contributed by atoms with E-state index in [1.807, 2.05) is 36.4 Å². The Balaban J connectivity index is 1.42. The molecule has 3 fully saturated rings. The lowest BCUT2D eigenvalue weighted by molar-refractivity contribution is 0.0928. The fraction of sp³-hybridized carbons (Fsp3) is 0.333. The Morgan fingerprint density at radius 2 is 1.74 bits per heavy atom. The van der Waals surface area contributed by atoms with E-state index < -0.39 is 11.6 Å². The summed E-state index contributed by atoms with van der Waals surface area (Å²) in [4.78, 5) is 12.3. The first-order valence-corrected chi connectivity index (χ1v) is 11.9. The molecule has 0 saturated heterocycles. The van der Waals surface area contributed by atoms with E-state index in [-0.39, 0.29) is 5.52 Å². The first-order valence-electron chi connectivity index (χ1n) is 11.9. The zero-order valence-electron chi connectivity index (χ0n) is 18.9. The van der Waals surface area contributed by atoms with Gasteiger partial charge in [-0.2, -0.15) is 4.98 Å². The number of aromatic amines is 1. The summed E-state index contributed by atoms with van der Waals surface area (Å²) < 4.78 is 34.4. The lowest BCUT2D eigenvalue weighted by Gasteiger charge is -2.47. The van der Waals surface area contributed by atoms with E-state index in [4.69, 9.17) is 9.72 Å². The number of hydrogen-bond donors (Lipinski definition) is 2. The molecule has 2 aromatic heterocycles. The first kappa shape index (κ1) is 21.1. The molecule has 0 radical (unpaired) electrons.